The molecule has 0 bridgehead atoms. The van der Waals surface area contributed by atoms with Crippen molar-refractivity contribution in [3.63, 3.8) is 0 Å². The van der Waals surface area contributed by atoms with Crippen molar-refractivity contribution in [3.8, 4) is 10.6 Å². The molecule has 2 heterocycles. The second-order valence-electron chi connectivity index (χ2n) is 4.25. The van der Waals surface area contributed by atoms with Gasteiger partial charge in [0.15, 0.2) is 0 Å². The summed E-state index contributed by atoms with van der Waals surface area (Å²) in [4.78, 5) is 5.86. The average Bonchev–Trinajstić information content (AvgIpc) is 2.86. The molecule has 0 saturated carbocycles. The molecule has 0 aliphatic rings. The Morgan fingerprint density at radius 1 is 1.41 bits per heavy atom. The third-order valence-corrected chi connectivity index (χ3v) is 4.70. The maximum absolute atomic E-state index is 4.64. The first-order valence-electron chi connectivity index (χ1n) is 5.56. The van der Waals surface area contributed by atoms with Gasteiger partial charge in [0.2, 0.25) is 0 Å². The molecule has 0 saturated heterocycles. The van der Waals surface area contributed by atoms with Gasteiger partial charge < -0.3 is 5.32 Å². The van der Waals surface area contributed by atoms with Crippen molar-refractivity contribution in [1.29, 1.82) is 0 Å². The Balaban J connectivity index is 1.96. The molecule has 0 radical (unpaired) electrons. The van der Waals surface area contributed by atoms with E-state index in [4.69, 9.17) is 0 Å². The fourth-order valence-corrected chi connectivity index (χ4v) is 3.61. The zero-order chi connectivity index (χ0) is 12.3. The van der Waals surface area contributed by atoms with Gasteiger partial charge in [0.1, 0.15) is 5.01 Å². The van der Waals surface area contributed by atoms with Crippen molar-refractivity contribution >= 4 is 38.6 Å². The zero-order valence-electron chi connectivity index (χ0n) is 9.87. The molecule has 0 aliphatic carbocycles. The molecule has 0 fully saturated rings. The predicted molar refractivity (Wildman–Crippen MR) is 79.7 cm³/mol. The third kappa shape index (κ3) is 3.88. The lowest BCUT2D eigenvalue weighted by atomic mass is 10.2. The molecule has 0 amide bonds. The first-order chi connectivity index (χ1) is 8.15. The summed E-state index contributed by atoms with van der Waals surface area (Å²) < 4.78 is 1.15. The van der Waals surface area contributed by atoms with Crippen LogP contribution in [0.15, 0.2) is 21.3 Å². The van der Waals surface area contributed by atoms with Crippen LogP contribution in [0.5, 0.6) is 0 Å². The Labute approximate surface area is 118 Å². The number of thiophene rings is 1. The minimum Gasteiger partial charge on any atom is -0.310 e. The Morgan fingerprint density at radius 3 is 2.88 bits per heavy atom. The highest BCUT2D eigenvalue weighted by Gasteiger charge is 2.06. The molecular formula is C12H15BrN2S2. The van der Waals surface area contributed by atoms with Crippen molar-refractivity contribution < 1.29 is 0 Å². The van der Waals surface area contributed by atoms with E-state index in [0.29, 0.717) is 5.92 Å². The van der Waals surface area contributed by atoms with Crippen LogP contribution >= 0.6 is 38.6 Å². The highest BCUT2D eigenvalue weighted by atomic mass is 79.9. The van der Waals surface area contributed by atoms with E-state index in [1.165, 1.54) is 4.88 Å². The van der Waals surface area contributed by atoms with Crippen LogP contribution in [0.1, 0.15) is 18.9 Å². The third-order valence-electron chi connectivity index (χ3n) is 2.21. The second-order valence-corrected chi connectivity index (χ2v) is 7.66. The summed E-state index contributed by atoms with van der Waals surface area (Å²) in [5, 5.41) is 6.70. The summed E-state index contributed by atoms with van der Waals surface area (Å²) >= 11 is 6.92. The quantitative estimate of drug-likeness (QED) is 0.879. The zero-order valence-corrected chi connectivity index (χ0v) is 13.1. The molecule has 2 rings (SSSR count). The highest BCUT2D eigenvalue weighted by molar-refractivity contribution is 9.11. The van der Waals surface area contributed by atoms with E-state index in [-0.39, 0.29) is 0 Å². The van der Waals surface area contributed by atoms with Gasteiger partial charge in [-0.25, -0.2) is 4.98 Å². The second kappa shape index (κ2) is 6.09. The van der Waals surface area contributed by atoms with E-state index in [1.807, 2.05) is 0 Å². The fraction of sp³-hybridized carbons (Fsp3) is 0.417. The van der Waals surface area contributed by atoms with Crippen molar-refractivity contribution in [3.05, 3.63) is 26.3 Å². The Kier molecular flexibility index (Phi) is 4.73. The number of hydrogen-bond acceptors (Lipinski definition) is 4. The van der Waals surface area contributed by atoms with Gasteiger partial charge in [0, 0.05) is 11.9 Å². The number of nitrogens with one attached hydrogen (secondary N) is 1. The maximum Gasteiger partial charge on any atom is 0.107 e. The standard InChI is InChI=1S/C12H15BrN2S2/c1-8(2)5-14-6-12-15-9(7-16-12)10-3-4-11(13)17-10/h3-4,7-8,14H,5-6H2,1-2H3. The summed E-state index contributed by atoms with van der Waals surface area (Å²) in [5.74, 6) is 0.683. The summed E-state index contributed by atoms with van der Waals surface area (Å²) in [6, 6.07) is 4.17. The van der Waals surface area contributed by atoms with Crippen LogP contribution in [0.3, 0.4) is 0 Å². The van der Waals surface area contributed by atoms with Crippen LogP contribution in [0, 0.1) is 5.92 Å². The van der Waals surface area contributed by atoms with Gasteiger partial charge in [-0.05, 0) is 40.5 Å². The lowest BCUT2D eigenvalue weighted by Gasteiger charge is -2.04. The molecule has 0 aliphatic heterocycles. The number of thiazole rings is 1. The van der Waals surface area contributed by atoms with Gasteiger partial charge in [-0.1, -0.05) is 13.8 Å². The number of halogens is 1. The largest absolute Gasteiger partial charge is 0.310 e. The molecule has 1 N–H and O–H groups in total. The van der Waals surface area contributed by atoms with Gasteiger partial charge >= 0.3 is 0 Å². The van der Waals surface area contributed by atoms with E-state index in [2.05, 4.69) is 57.6 Å². The lowest BCUT2D eigenvalue weighted by molar-refractivity contribution is 0.551. The summed E-state index contributed by atoms with van der Waals surface area (Å²) in [6.45, 7) is 6.34. The molecule has 0 atom stereocenters. The Bertz CT molecular complexity index is 476. The highest BCUT2D eigenvalue weighted by Crippen LogP contribution is 2.31. The van der Waals surface area contributed by atoms with Crippen LogP contribution in [-0.4, -0.2) is 11.5 Å². The SMILES string of the molecule is CC(C)CNCc1nc(-c2ccc(Br)s2)cs1. The molecule has 17 heavy (non-hydrogen) atoms. The number of rotatable bonds is 5. The van der Waals surface area contributed by atoms with E-state index < -0.39 is 0 Å². The van der Waals surface area contributed by atoms with Gasteiger partial charge in [0.25, 0.3) is 0 Å². The molecule has 2 aromatic rings. The van der Waals surface area contributed by atoms with Crippen LogP contribution in [0.4, 0.5) is 0 Å². The first-order valence-corrected chi connectivity index (χ1v) is 8.05. The van der Waals surface area contributed by atoms with Gasteiger partial charge in [0.05, 0.1) is 14.4 Å². The monoisotopic (exact) mass is 330 g/mol. The number of nitrogens with zero attached hydrogens (tertiary/aromatic N) is 1. The predicted octanol–water partition coefficient (Wildman–Crippen LogP) is 4.38. The van der Waals surface area contributed by atoms with Crippen molar-refractivity contribution in [2.45, 2.75) is 20.4 Å². The van der Waals surface area contributed by atoms with Gasteiger partial charge in [-0.3, -0.25) is 0 Å². The summed E-state index contributed by atoms with van der Waals surface area (Å²) in [6.07, 6.45) is 0. The topological polar surface area (TPSA) is 24.9 Å². The van der Waals surface area contributed by atoms with Gasteiger partial charge in [-0.2, -0.15) is 0 Å². The molecule has 0 unspecified atom stereocenters. The van der Waals surface area contributed by atoms with Crippen LogP contribution in [0.2, 0.25) is 0 Å². The molecule has 92 valence electrons. The lowest BCUT2D eigenvalue weighted by Crippen LogP contribution is -2.18. The summed E-state index contributed by atoms with van der Waals surface area (Å²) in [7, 11) is 0. The molecule has 0 aromatic carbocycles. The van der Waals surface area contributed by atoms with E-state index in [0.717, 1.165) is 27.6 Å². The van der Waals surface area contributed by atoms with E-state index in [9.17, 15) is 0 Å². The van der Waals surface area contributed by atoms with E-state index in [1.54, 1.807) is 22.7 Å². The molecule has 0 spiro atoms. The molecule has 2 aromatic heterocycles. The van der Waals surface area contributed by atoms with Crippen molar-refractivity contribution in [1.82, 2.24) is 10.3 Å². The molecule has 5 heteroatoms. The van der Waals surface area contributed by atoms with Crippen molar-refractivity contribution in [2.24, 2.45) is 5.92 Å². The molecular weight excluding hydrogens is 316 g/mol. The normalized spacial score (nSPS) is 11.3. The van der Waals surface area contributed by atoms with E-state index >= 15 is 0 Å². The van der Waals surface area contributed by atoms with Gasteiger partial charge in [-0.15, -0.1) is 22.7 Å². The number of aromatic nitrogens is 1. The van der Waals surface area contributed by atoms with Crippen molar-refractivity contribution in [2.75, 3.05) is 6.54 Å². The molecule has 2 nitrogen and oxygen atoms in total. The average molecular weight is 331 g/mol. The fourth-order valence-electron chi connectivity index (χ4n) is 1.42. The first kappa shape index (κ1) is 13.2. The smallest absolute Gasteiger partial charge is 0.107 e. The Hall–Kier alpha value is -0.230. The van der Waals surface area contributed by atoms with Crippen LogP contribution < -0.4 is 5.32 Å². The minimum absolute atomic E-state index is 0.683. The summed E-state index contributed by atoms with van der Waals surface area (Å²) in [5.41, 5.74) is 1.09. The van der Waals surface area contributed by atoms with Crippen LogP contribution in [-0.2, 0) is 6.54 Å². The minimum atomic E-state index is 0.683. The maximum atomic E-state index is 4.64. The number of hydrogen-bond donors (Lipinski definition) is 1. The van der Waals surface area contributed by atoms with Crippen LogP contribution in [0.25, 0.3) is 10.6 Å². The Morgan fingerprint density at radius 2 is 2.24 bits per heavy atom.